The lowest BCUT2D eigenvalue weighted by Crippen LogP contribution is -2.00. The molecule has 0 radical (unpaired) electrons. The van der Waals surface area contributed by atoms with Crippen LogP contribution in [0.15, 0.2) is 48.8 Å². The molecule has 1 aromatic carbocycles. The molecule has 88 valence electrons. The maximum atomic E-state index is 12.4. The van der Waals surface area contributed by atoms with Crippen LogP contribution in [0.1, 0.15) is 21.5 Å². The molecule has 2 heterocycles. The number of carbonyl (C=O) groups is 1. The number of benzene rings is 1. The number of aromatic amines is 1. The van der Waals surface area contributed by atoms with Gasteiger partial charge in [-0.1, -0.05) is 29.8 Å². The predicted octanol–water partition coefficient (Wildman–Crippen LogP) is 3.10. The molecule has 3 aromatic rings. The maximum Gasteiger partial charge on any atom is 0.195 e. The van der Waals surface area contributed by atoms with Crippen LogP contribution in [0.2, 0.25) is 0 Å². The highest BCUT2D eigenvalue weighted by Gasteiger charge is 2.13. The fraction of sp³-hybridized carbons (Fsp3) is 0.0667. The summed E-state index contributed by atoms with van der Waals surface area (Å²) in [6.07, 6.45) is 3.43. The second-order valence-electron chi connectivity index (χ2n) is 4.30. The van der Waals surface area contributed by atoms with Crippen LogP contribution >= 0.6 is 0 Å². The quantitative estimate of drug-likeness (QED) is 0.695. The molecule has 0 bridgehead atoms. The van der Waals surface area contributed by atoms with Crippen LogP contribution in [0.4, 0.5) is 0 Å². The zero-order chi connectivity index (χ0) is 12.5. The molecular formula is C15H12N2O. The zero-order valence-corrected chi connectivity index (χ0v) is 9.97. The summed E-state index contributed by atoms with van der Waals surface area (Å²) in [6.45, 7) is 2.00. The molecule has 3 nitrogen and oxygen atoms in total. The van der Waals surface area contributed by atoms with E-state index < -0.39 is 0 Å². The van der Waals surface area contributed by atoms with Gasteiger partial charge < -0.3 is 4.98 Å². The first kappa shape index (κ1) is 10.7. The minimum absolute atomic E-state index is 0.0225. The van der Waals surface area contributed by atoms with Gasteiger partial charge in [0.25, 0.3) is 0 Å². The Bertz CT molecular complexity index is 711. The molecule has 0 aliphatic rings. The van der Waals surface area contributed by atoms with Crippen molar-refractivity contribution in [3.05, 3.63) is 65.5 Å². The second-order valence-corrected chi connectivity index (χ2v) is 4.30. The van der Waals surface area contributed by atoms with Gasteiger partial charge in [-0.3, -0.25) is 4.79 Å². The van der Waals surface area contributed by atoms with Gasteiger partial charge in [-0.05, 0) is 19.1 Å². The number of nitrogens with one attached hydrogen (secondary N) is 1. The number of hydrogen-bond acceptors (Lipinski definition) is 2. The highest BCUT2D eigenvalue weighted by molar-refractivity contribution is 6.15. The normalized spacial score (nSPS) is 10.7. The smallest absolute Gasteiger partial charge is 0.195 e. The van der Waals surface area contributed by atoms with Crippen molar-refractivity contribution in [2.75, 3.05) is 0 Å². The molecule has 3 heteroatoms. The summed E-state index contributed by atoms with van der Waals surface area (Å²) in [5.74, 6) is 0.0225. The van der Waals surface area contributed by atoms with Crippen molar-refractivity contribution in [2.24, 2.45) is 0 Å². The van der Waals surface area contributed by atoms with Gasteiger partial charge in [0.2, 0.25) is 0 Å². The molecule has 0 saturated heterocycles. The molecule has 2 aromatic heterocycles. The summed E-state index contributed by atoms with van der Waals surface area (Å²) in [4.78, 5) is 19.6. The topological polar surface area (TPSA) is 45.8 Å². The van der Waals surface area contributed by atoms with Gasteiger partial charge in [-0.2, -0.15) is 0 Å². The monoisotopic (exact) mass is 236 g/mol. The number of carbonyl (C=O) groups excluding carboxylic acids is 1. The van der Waals surface area contributed by atoms with Crippen LogP contribution in [0.25, 0.3) is 11.0 Å². The number of fused-ring (bicyclic) bond motifs is 1. The lowest BCUT2D eigenvalue weighted by molar-refractivity contribution is 0.104. The van der Waals surface area contributed by atoms with E-state index in [0.29, 0.717) is 11.1 Å². The van der Waals surface area contributed by atoms with Crippen molar-refractivity contribution in [1.82, 2.24) is 9.97 Å². The molecule has 0 aliphatic heterocycles. The summed E-state index contributed by atoms with van der Waals surface area (Å²) >= 11 is 0. The van der Waals surface area contributed by atoms with E-state index in [-0.39, 0.29) is 5.78 Å². The Labute approximate surface area is 104 Å². The minimum atomic E-state index is 0.0225. The first-order chi connectivity index (χ1) is 8.75. The standard InChI is InChI=1S/C15H12N2O/c1-10-4-6-11(7-5-10)14(18)13-9-17-15-12(13)3-2-8-16-15/h2-9H,1H3,(H,16,17). The summed E-state index contributed by atoms with van der Waals surface area (Å²) in [5.41, 5.74) is 3.26. The lowest BCUT2D eigenvalue weighted by Gasteiger charge is -2.00. The van der Waals surface area contributed by atoms with Crippen molar-refractivity contribution in [1.29, 1.82) is 0 Å². The van der Waals surface area contributed by atoms with Crippen molar-refractivity contribution < 1.29 is 4.79 Å². The Morgan fingerprint density at radius 3 is 2.72 bits per heavy atom. The largest absolute Gasteiger partial charge is 0.345 e. The summed E-state index contributed by atoms with van der Waals surface area (Å²) in [5, 5.41) is 0.864. The highest BCUT2D eigenvalue weighted by Crippen LogP contribution is 2.19. The van der Waals surface area contributed by atoms with E-state index in [1.165, 1.54) is 0 Å². The second kappa shape index (κ2) is 4.11. The fourth-order valence-corrected chi connectivity index (χ4v) is 2.00. The van der Waals surface area contributed by atoms with Crippen molar-refractivity contribution in [2.45, 2.75) is 6.92 Å². The van der Waals surface area contributed by atoms with Crippen molar-refractivity contribution >= 4 is 16.8 Å². The fourth-order valence-electron chi connectivity index (χ4n) is 2.00. The van der Waals surface area contributed by atoms with Gasteiger partial charge in [0.05, 0.1) is 0 Å². The van der Waals surface area contributed by atoms with Gasteiger partial charge in [0.15, 0.2) is 5.78 Å². The summed E-state index contributed by atoms with van der Waals surface area (Å²) in [6, 6.07) is 11.3. The third kappa shape index (κ3) is 1.70. The Hall–Kier alpha value is -2.42. The number of H-pyrrole nitrogens is 1. The Morgan fingerprint density at radius 1 is 1.17 bits per heavy atom. The summed E-state index contributed by atoms with van der Waals surface area (Å²) in [7, 11) is 0. The van der Waals surface area contributed by atoms with Crippen LogP contribution in [-0.2, 0) is 0 Å². The Kier molecular flexibility index (Phi) is 2.45. The SMILES string of the molecule is Cc1ccc(C(=O)c2c[nH]c3ncccc23)cc1. The molecular weight excluding hydrogens is 224 g/mol. The molecule has 1 N–H and O–H groups in total. The average molecular weight is 236 g/mol. The van der Waals surface area contributed by atoms with E-state index >= 15 is 0 Å². The lowest BCUT2D eigenvalue weighted by atomic mass is 10.0. The summed E-state index contributed by atoms with van der Waals surface area (Å²) < 4.78 is 0. The third-order valence-corrected chi connectivity index (χ3v) is 3.01. The highest BCUT2D eigenvalue weighted by atomic mass is 16.1. The van der Waals surface area contributed by atoms with Gasteiger partial charge in [0.1, 0.15) is 5.65 Å². The first-order valence-corrected chi connectivity index (χ1v) is 5.79. The molecule has 0 spiro atoms. The van der Waals surface area contributed by atoms with E-state index in [4.69, 9.17) is 0 Å². The zero-order valence-electron chi connectivity index (χ0n) is 9.97. The van der Waals surface area contributed by atoms with E-state index in [2.05, 4.69) is 9.97 Å². The van der Waals surface area contributed by atoms with Crippen LogP contribution in [0.3, 0.4) is 0 Å². The molecule has 3 rings (SSSR count). The number of rotatable bonds is 2. The van der Waals surface area contributed by atoms with Crippen LogP contribution < -0.4 is 0 Å². The molecule has 0 aliphatic carbocycles. The van der Waals surface area contributed by atoms with Gasteiger partial charge in [-0.15, -0.1) is 0 Å². The Morgan fingerprint density at radius 2 is 1.94 bits per heavy atom. The third-order valence-electron chi connectivity index (χ3n) is 3.01. The van der Waals surface area contributed by atoms with E-state index in [0.717, 1.165) is 16.6 Å². The van der Waals surface area contributed by atoms with Crippen molar-refractivity contribution in [3.8, 4) is 0 Å². The predicted molar refractivity (Wildman–Crippen MR) is 70.7 cm³/mol. The van der Waals surface area contributed by atoms with Gasteiger partial charge in [0, 0.05) is 28.9 Å². The first-order valence-electron chi connectivity index (χ1n) is 5.79. The average Bonchev–Trinajstić information content (AvgIpc) is 2.82. The van der Waals surface area contributed by atoms with E-state index in [1.54, 1.807) is 12.4 Å². The molecule has 0 unspecified atom stereocenters. The molecule has 0 amide bonds. The van der Waals surface area contributed by atoms with E-state index in [1.807, 2.05) is 43.3 Å². The number of aryl methyl sites for hydroxylation is 1. The Balaban J connectivity index is 2.09. The van der Waals surface area contributed by atoms with Crippen molar-refractivity contribution in [3.63, 3.8) is 0 Å². The van der Waals surface area contributed by atoms with Gasteiger partial charge >= 0.3 is 0 Å². The molecule has 0 fully saturated rings. The van der Waals surface area contributed by atoms with Crippen LogP contribution in [0, 0.1) is 6.92 Å². The molecule has 0 saturated carbocycles. The number of nitrogens with zero attached hydrogens (tertiary/aromatic N) is 1. The number of pyridine rings is 1. The molecule has 18 heavy (non-hydrogen) atoms. The number of hydrogen-bond donors (Lipinski definition) is 1. The minimum Gasteiger partial charge on any atom is -0.345 e. The maximum absolute atomic E-state index is 12.4. The van der Waals surface area contributed by atoms with Crippen LogP contribution in [0.5, 0.6) is 0 Å². The number of ketones is 1. The molecule has 0 atom stereocenters. The van der Waals surface area contributed by atoms with E-state index in [9.17, 15) is 4.79 Å². The number of aromatic nitrogens is 2. The van der Waals surface area contributed by atoms with Gasteiger partial charge in [-0.25, -0.2) is 4.98 Å². The van der Waals surface area contributed by atoms with Crippen LogP contribution in [-0.4, -0.2) is 15.8 Å².